The molecule has 2 nitrogen and oxygen atoms in total. The first-order valence-electron chi connectivity index (χ1n) is 6.20. The van der Waals surface area contributed by atoms with E-state index in [4.69, 9.17) is 4.42 Å². The third-order valence-electron chi connectivity index (χ3n) is 3.32. The van der Waals surface area contributed by atoms with Crippen LogP contribution in [-0.4, -0.2) is 6.54 Å². The van der Waals surface area contributed by atoms with Crippen molar-refractivity contribution in [2.45, 2.75) is 25.8 Å². The van der Waals surface area contributed by atoms with Gasteiger partial charge in [0, 0.05) is 9.86 Å². The van der Waals surface area contributed by atoms with Gasteiger partial charge in [0.1, 0.15) is 11.3 Å². The van der Waals surface area contributed by atoms with E-state index in [1.165, 1.54) is 18.2 Å². The molecule has 0 aliphatic heterocycles. The quantitative estimate of drug-likeness (QED) is 0.911. The summed E-state index contributed by atoms with van der Waals surface area (Å²) < 4.78 is 7.06. The van der Waals surface area contributed by atoms with Crippen molar-refractivity contribution in [1.29, 1.82) is 0 Å². The van der Waals surface area contributed by atoms with Crippen LogP contribution in [-0.2, 0) is 0 Å². The lowest BCUT2D eigenvalue weighted by Crippen LogP contribution is -2.21. The Morgan fingerprint density at radius 2 is 2.24 bits per heavy atom. The summed E-state index contributed by atoms with van der Waals surface area (Å²) in [4.78, 5) is 0. The van der Waals surface area contributed by atoms with Crippen molar-refractivity contribution in [3.8, 4) is 0 Å². The van der Waals surface area contributed by atoms with Crippen LogP contribution < -0.4 is 5.32 Å². The van der Waals surface area contributed by atoms with Gasteiger partial charge in [-0.25, -0.2) is 0 Å². The highest BCUT2D eigenvalue weighted by Gasteiger charge is 2.33. The molecule has 1 saturated carbocycles. The number of rotatable bonds is 4. The smallest absolute Gasteiger partial charge is 0.134 e. The summed E-state index contributed by atoms with van der Waals surface area (Å²) in [6.07, 6.45) is 2.64. The maximum Gasteiger partial charge on any atom is 0.134 e. The van der Waals surface area contributed by atoms with E-state index in [1.807, 2.05) is 12.1 Å². The zero-order chi connectivity index (χ0) is 11.8. The molecule has 1 N–H and O–H groups in total. The van der Waals surface area contributed by atoms with Crippen molar-refractivity contribution < 1.29 is 4.42 Å². The number of hydrogen-bond acceptors (Lipinski definition) is 2. The van der Waals surface area contributed by atoms with Crippen LogP contribution in [0.1, 0.15) is 31.6 Å². The Kier molecular flexibility index (Phi) is 2.97. The van der Waals surface area contributed by atoms with Crippen LogP contribution in [0.2, 0.25) is 0 Å². The van der Waals surface area contributed by atoms with Crippen molar-refractivity contribution in [2.24, 2.45) is 5.92 Å². The molecule has 1 atom stereocenters. The van der Waals surface area contributed by atoms with E-state index in [0.29, 0.717) is 6.04 Å². The third-order valence-corrected chi connectivity index (χ3v) is 3.81. The zero-order valence-electron chi connectivity index (χ0n) is 9.87. The number of halogens is 1. The average molecular weight is 294 g/mol. The van der Waals surface area contributed by atoms with Crippen molar-refractivity contribution in [3.05, 3.63) is 34.5 Å². The minimum absolute atomic E-state index is 0.395. The van der Waals surface area contributed by atoms with Gasteiger partial charge in [0.2, 0.25) is 0 Å². The lowest BCUT2D eigenvalue weighted by atomic mass is 10.1. The number of fused-ring (bicyclic) bond motifs is 1. The Hall–Kier alpha value is -0.800. The lowest BCUT2D eigenvalue weighted by molar-refractivity contribution is 0.403. The Balaban J connectivity index is 1.98. The molecule has 0 radical (unpaired) electrons. The van der Waals surface area contributed by atoms with Crippen LogP contribution in [0.4, 0.5) is 0 Å². The van der Waals surface area contributed by atoms with E-state index in [9.17, 15) is 0 Å². The summed E-state index contributed by atoms with van der Waals surface area (Å²) in [6.45, 7) is 3.14. The monoisotopic (exact) mass is 293 g/mol. The Morgan fingerprint density at radius 3 is 2.94 bits per heavy atom. The molecule has 0 bridgehead atoms. The van der Waals surface area contributed by atoms with Gasteiger partial charge in [-0.3, -0.25) is 0 Å². The summed E-state index contributed by atoms with van der Waals surface area (Å²) in [7, 11) is 0. The minimum Gasteiger partial charge on any atom is -0.459 e. The highest BCUT2D eigenvalue weighted by Crippen LogP contribution is 2.42. The maximum absolute atomic E-state index is 5.96. The fourth-order valence-electron chi connectivity index (χ4n) is 2.34. The van der Waals surface area contributed by atoms with Gasteiger partial charge in [-0.1, -0.05) is 22.9 Å². The Labute approximate surface area is 110 Å². The van der Waals surface area contributed by atoms with Gasteiger partial charge in [0.15, 0.2) is 0 Å². The van der Waals surface area contributed by atoms with Gasteiger partial charge >= 0.3 is 0 Å². The summed E-state index contributed by atoms with van der Waals surface area (Å²) in [6, 6.07) is 8.73. The highest BCUT2D eigenvalue weighted by molar-refractivity contribution is 9.10. The van der Waals surface area contributed by atoms with E-state index in [1.54, 1.807) is 0 Å². The Morgan fingerprint density at radius 1 is 1.41 bits per heavy atom. The Bertz CT molecular complexity index is 530. The molecular weight excluding hydrogens is 278 g/mol. The van der Waals surface area contributed by atoms with Gasteiger partial charge in [0.05, 0.1) is 6.04 Å². The second kappa shape index (κ2) is 4.46. The van der Waals surface area contributed by atoms with Crippen LogP contribution in [0, 0.1) is 5.92 Å². The van der Waals surface area contributed by atoms with Crippen LogP contribution in [0.25, 0.3) is 11.0 Å². The first kappa shape index (κ1) is 11.3. The molecular formula is C14H16BrNO. The number of hydrogen-bond donors (Lipinski definition) is 1. The van der Waals surface area contributed by atoms with Gasteiger partial charge in [0.25, 0.3) is 0 Å². The van der Waals surface area contributed by atoms with Crippen LogP contribution in [0.5, 0.6) is 0 Å². The summed E-state index contributed by atoms with van der Waals surface area (Å²) in [5.41, 5.74) is 0.978. The average Bonchev–Trinajstić information content (AvgIpc) is 3.05. The standard InChI is InChI=1S/C14H16BrNO/c1-2-16-14(9-3-4-9)13-8-10-7-11(15)5-6-12(10)17-13/h5-9,14,16H,2-4H2,1H3. The maximum atomic E-state index is 5.96. The molecule has 1 fully saturated rings. The molecule has 1 aromatic carbocycles. The molecule has 1 aliphatic carbocycles. The van der Waals surface area contributed by atoms with Crippen LogP contribution >= 0.6 is 15.9 Å². The van der Waals surface area contributed by atoms with E-state index in [2.05, 4.69) is 40.3 Å². The molecule has 1 aromatic heterocycles. The van der Waals surface area contributed by atoms with Gasteiger partial charge in [-0.2, -0.15) is 0 Å². The largest absolute Gasteiger partial charge is 0.459 e. The van der Waals surface area contributed by atoms with Gasteiger partial charge < -0.3 is 9.73 Å². The van der Waals surface area contributed by atoms with E-state index < -0.39 is 0 Å². The SMILES string of the molecule is CCNC(c1cc2cc(Br)ccc2o1)C1CC1. The molecule has 0 spiro atoms. The fraction of sp³-hybridized carbons (Fsp3) is 0.429. The number of furan rings is 1. The second-order valence-corrected chi connectivity index (χ2v) is 5.62. The predicted octanol–water partition coefficient (Wildman–Crippen LogP) is 4.26. The van der Waals surface area contributed by atoms with Crippen molar-refractivity contribution in [2.75, 3.05) is 6.54 Å². The van der Waals surface area contributed by atoms with Crippen molar-refractivity contribution in [1.82, 2.24) is 5.32 Å². The molecule has 0 saturated heterocycles. The van der Waals surface area contributed by atoms with E-state index >= 15 is 0 Å². The molecule has 3 heteroatoms. The fourth-order valence-corrected chi connectivity index (χ4v) is 2.72. The topological polar surface area (TPSA) is 25.2 Å². The summed E-state index contributed by atoms with van der Waals surface area (Å²) in [5, 5.41) is 4.71. The number of benzene rings is 1. The molecule has 17 heavy (non-hydrogen) atoms. The summed E-state index contributed by atoms with van der Waals surface area (Å²) in [5.74, 6) is 1.85. The molecule has 1 unspecified atom stereocenters. The van der Waals surface area contributed by atoms with E-state index in [0.717, 1.165) is 28.3 Å². The number of nitrogens with one attached hydrogen (secondary N) is 1. The molecule has 90 valence electrons. The molecule has 1 heterocycles. The normalized spacial score (nSPS) is 17.5. The predicted molar refractivity (Wildman–Crippen MR) is 73.1 cm³/mol. The first-order chi connectivity index (χ1) is 8.28. The van der Waals surface area contributed by atoms with Gasteiger partial charge in [-0.05, 0) is 49.6 Å². The zero-order valence-corrected chi connectivity index (χ0v) is 11.5. The van der Waals surface area contributed by atoms with Gasteiger partial charge in [-0.15, -0.1) is 0 Å². The molecule has 0 amide bonds. The van der Waals surface area contributed by atoms with Crippen LogP contribution in [0.3, 0.4) is 0 Å². The first-order valence-corrected chi connectivity index (χ1v) is 6.99. The molecule has 3 rings (SSSR count). The van der Waals surface area contributed by atoms with Crippen molar-refractivity contribution >= 4 is 26.9 Å². The lowest BCUT2D eigenvalue weighted by Gasteiger charge is -2.13. The van der Waals surface area contributed by atoms with Crippen LogP contribution in [0.15, 0.2) is 33.2 Å². The second-order valence-electron chi connectivity index (χ2n) is 4.70. The minimum atomic E-state index is 0.395. The van der Waals surface area contributed by atoms with E-state index in [-0.39, 0.29) is 0 Å². The third kappa shape index (κ3) is 2.26. The molecule has 2 aromatic rings. The summed E-state index contributed by atoms with van der Waals surface area (Å²) >= 11 is 3.49. The van der Waals surface area contributed by atoms with Crippen molar-refractivity contribution in [3.63, 3.8) is 0 Å². The highest BCUT2D eigenvalue weighted by atomic mass is 79.9. The molecule has 1 aliphatic rings.